The van der Waals surface area contributed by atoms with Crippen LogP contribution >= 0.6 is 11.6 Å². The van der Waals surface area contributed by atoms with Crippen LogP contribution in [0, 0.1) is 0 Å². The highest BCUT2D eigenvalue weighted by Crippen LogP contribution is 2.42. The first-order valence-corrected chi connectivity index (χ1v) is 9.91. The van der Waals surface area contributed by atoms with Crippen LogP contribution in [0.2, 0.25) is 5.02 Å². The van der Waals surface area contributed by atoms with Crippen molar-refractivity contribution in [1.82, 2.24) is 5.32 Å². The van der Waals surface area contributed by atoms with E-state index < -0.39 is 0 Å². The van der Waals surface area contributed by atoms with Gasteiger partial charge in [0.05, 0.1) is 17.7 Å². The van der Waals surface area contributed by atoms with Crippen LogP contribution in [-0.2, 0) is 0 Å². The summed E-state index contributed by atoms with van der Waals surface area (Å²) in [5, 5.41) is 3.61. The van der Waals surface area contributed by atoms with Crippen molar-refractivity contribution in [2.24, 2.45) is 0 Å². The highest BCUT2D eigenvalue weighted by molar-refractivity contribution is 6.32. The molecule has 3 rings (SSSR count). The Morgan fingerprint density at radius 2 is 1.96 bits per heavy atom. The molecular weight excluding hydrogens is 362 g/mol. The third kappa shape index (κ3) is 4.06. The maximum absolute atomic E-state index is 12.9. The van der Waals surface area contributed by atoms with Gasteiger partial charge in [0.2, 0.25) is 0 Å². The van der Waals surface area contributed by atoms with Gasteiger partial charge in [-0.05, 0) is 44.0 Å². The van der Waals surface area contributed by atoms with Crippen LogP contribution < -0.4 is 14.8 Å². The number of amides is 1. The van der Waals surface area contributed by atoms with Gasteiger partial charge >= 0.3 is 0 Å². The number of rotatable bonds is 6. The van der Waals surface area contributed by atoms with Crippen molar-refractivity contribution in [2.75, 3.05) is 6.61 Å². The molecule has 5 heteroatoms. The molecule has 1 atom stereocenters. The number of hydrogen-bond acceptors (Lipinski definition) is 3. The van der Waals surface area contributed by atoms with E-state index in [4.69, 9.17) is 21.1 Å². The molecule has 1 aliphatic heterocycles. The fraction of sp³-hybridized carbons (Fsp3) is 0.409. The molecule has 1 heterocycles. The highest BCUT2D eigenvalue weighted by atomic mass is 35.5. The lowest BCUT2D eigenvalue weighted by atomic mass is 9.83. The fourth-order valence-electron chi connectivity index (χ4n) is 3.59. The molecule has 1 amide bonds. The summed E-state index contributed by atoms with van der Waals surface area (Å²) in [5.41, 5.74) is 1.27. The highest BCUT2D eigenvalue weighted by Gasteiger charge is 2.39. The van der Waals surface area contributed by atoms with Gasteiger partial charge in [0.15, 0.2) is 0 Å². The van der Waals surface area contributed by atoms with Crippen molar-refractivity contribution in [3.8, 4) is 11.5 Å². The average Bonchev–Trinajstić information content (AvgIpc) is 2.69. The lowest BCUT2D eigenvalue weighted by molar-refractivity contribution is 0.0227. The Hall–Kier alpha value is -2.20. The number of ether oxygens (including phenoxy) is 2. The standard InChI is InChI=1S/C22H26ClNO3/c1-4-22(5-2)14-18(16-9-7-8-10-19(16)27-22)24-21(25)15-11-12-20(26-6-3)17(23)13-15/h7-13,18H,4-6,14H2,1-3H3,(H,24,25)/t18-/m1/s1. The molecule has 0 unspecified atom stereocenters. The van der Waals surface area contributed by atoms with E-state index in [1.165, 1.54) is 0 Å². The second kappa shape index (κ2) is 8.22. The maximum atomic E-state index is 12.9. The summed E-state index contributed by atoms with van der Waals surface area (Å²) in [4.78, 5) is 12.9. The number of para-hydroxylation sites is 1. The molecule has 144 valence electrons. The molecule has 0 spiro atoms. The second-order valence-electron chi connectivity index (χ2n) is 6.84. The SMILES string of the molecule is CCOc1ccc(C(=O)N[C@@H]2CC(CC)(CC)Oc3ccccc32)cc1Cl. The fourth-order valence-corrected chi connectivity index (χ4v) is 3.82. The Labute approximate surface area is 165 Å². The van der Waals surface area contributed by atoms with Gasteiger partial charge in [-0.25, -0.2) is 0 Å². The van der Waals surface area contributed by atoms with Gasteiger partial charge in [0.25, 0.3) is 5.91 Å². The molecule has 0 saturated carbocycles. The first-order chi connectivity index (χ1) is 13.0. The molecule has 2 aromatic carbocycles. The molecule has 0 aromatic heterocycles. The molecule has 0 radical (unpaired) electrons. The minimum atomic E-state index is -0.261. The first kappa shape index (κ1) is 19.6. The van der Waals surface area contributed by atoms with Crippen LogP contribution in [0.4, 0.5) is 0 Å². The van der Waals surface area contributed by atoms with Crippen molar-refractivity contribution in [3.63, 3.8) is 0 Å². The lowest BCUT2D eigenvalue weighted by Crippen LogP contribution is -2.44. The molecule has 27 heavy (non-hydrogen) atoms. The number of hydrogen-bond donors (Lipinski definition) is 1. The Balaban J connectivity index is 1.85. The number of fused-ring (bicyclic) bond motifs is 1. The summed E-state index contributed by atoms with van der Waals surface area (Å²) in [6, 6.07) is 13.0. The van der Waals surface area contributed by atoms with Crippen LogP contribution in [0.3, 0.4) is 0 Å². The van der Waals surface area contributed by atoms with Crippen LogP contribution in [-0.4, -0.2) is 18.1 Å². The van der Waals surface area contributed by atoms with Gasteiger partial charge in [-0.15, -0.1) is 0 Å². The zero-order valence-corrected chi connectivity index (χ0v) is 16.8. The van der Waals surface area contributed by atoms with E-state index in [9.17, 15) is 4.79 Å². The van der Waals surface area contributed by atoms with E-state index in [1.807, 2.05) is 31.2 Å². The van der Waals surface area contributed by atoms with Crippen LogP contribution in [0.1, 0.15) is 62.0 Å². The monoisotopic (exact) mass is 387 g/mol. The predicted octanol–water partition coefficient (Wildman–Crippen LogP) is 5.55. The van der Waals surface area contributed by atoms with Gasteiger partial charge in [-0.2, -0.15) is 0 Å². The normalized spacial score (nSPS) is 17.6. The van der Waals surface area contributed by atoms with Gasteiger partial charge in [0, 0.05) is 17.5 Å². The minimum absolute atomic E-state index is 0.104. The van der Waals surface area contributed by atoms with E-state index in [-0.39, 0.29) is 17.6 Å². The summed E-state index contributed by atoms with van der Waals surface area (Å²) in [5.74, 6) is 1.29. The third-order valence-electron chi connectivity index (χ3n) is 5.28. The maximum Gasteiger partial charge on any atom is 0.251 e. The smallest absolute Gasteiger partial charge is 0.251 e. The van der Waals surface area contributed by atoms with Crippen molar-refractivity contribution < 1.29 is 14.3 Å². The molecule has 0 fully saturated rings. The molecule has 2 aromatic rings. The number of carbonyl (C=O) groups is 1. The summed E-state index contributed by atoms with van der Waals surface area (Å²) >= 11 is 6.24. The Morgan fingerprint density at radius 1 is 1.22 bits per heavy atom. The molecule has 1 aliphatic rings. The minimum Gasteiger partial charge on any atom is -0.492 e. The van der Waals surface area contributed by atoms with Crippen LogP contribution in [0.25, 0.3) is 0 Å². The molecule has 4 nitrogen and oxygen atoms in total. The number of halogens is 1. The first-order valence-electron chi connectivity index (χ1n) is 9.53. The molecule has 0 bridgehead atoms. The predicted molar refractivity (Wildman–Crippen MR) is 108 cm³/mol. The van der Waals surface area contributed by atoms with E-state index in [0.29, 0.717) is 22.9 Å². The Bertz CT molecular complexity index is 817. The number of benzene rings is 2. The van der Waals surface area contributed by atoms with Gasteiger partial charge < -0.3 is 14.8 Å². The summed E-state index contributed by atoms with van der Waals surface area (Å²) in [7, 11) is 0. The number of nitrogens with one attached hydrogen (secondary N) is 1. The molecule has 0 saturated heterocycles. The van der Waals surface area contributed by atoms with Crippen molar-refractivity contribution >= 4 is 17.5 Å². The van der Waals surface area contributed by atoms with Gasteiger partial charge in [0.1, 0.15) is 17.1 Å². The summed E-state index contributed by atoms with van der Waals surface area (Å²) < 4.78 is 11.8. The molecule has 0 aliphatic carbocycles. The topological polar surface area (TPSA) is 47.6 Å². The van der Waals surface area contributed by atoms with E-state index in [1.54, 1.807) is 18.2 Å². The quantitative estimate of drug-likeness (QED) is 0.706. The van der Waals surface area contributed by atoms with Gasteiger partial charge in [-0.1, -0.05) is 43.6 Å². The molecular formula is C22H26ClNO3. The average molecular weight is 388 g/mol. The van der Waals surface area contributed by atoms with Gasteiger partial charge in [-0.3, -0.25) is 4.79 Å². The summed E-state index contributed by atoms with van der Waals surface area (Å²) in [6.07, 6.45) is 2.52. The van der Waals surface area contributed by atoms with Crippen molar-refractivity contribution in [1.29, 1.82) is 0 Å². The zero-order chi connectivity index (χ0) is 19.4. The van der Waals surface area contributed by atoms with Crippen LogP contribution in [0.15, 0.2) is 42.5 Å². The Kier molecular flexibility index (Phi) is 5.95. The largest absolute Gasteiger partial charge is 0.492 e. The van der Waals surface area contributed by atoms with E-state index in [2.05, 4.69) is 19.2 Å². The lowest BCUT2D eigenvalue weighted by Gasteiger charge is -2.41. The third-order valence-corrected chi connectivity index (χ3v) is 5.58. The van der Waals surface area contributed by atoms with Crippen molar-refractivity contribution in [2.45, 2.75) is 51.7 Å². The molecule has 1 N–H and O–H groups in total. The van der Waals surface area contributed by atoms with E-state index >= 15 is 0 Å². The van der Waals surface area contributed by atoms with Crippen LogP contribution in [0.5, 0.6) is 11.5 Å². The van der Waals surface area contributed by atoms with E-state index in [0.717, 1.165) is 30.6 Å². The van der Waals surface area contributed by atoms with Crippen molar-refractivity contribution in [3.05, 3.63) is 58.6 Å². The number of carbonyl (C=O) groups excluding carboxylic acids is 1. The second-order valence-corrected chi connectivity index (χ2v) is 7.25. The Morgan fingerprint density at radius 3 is 2.63 bits per heavy atom. The zero-order valence-electron chi connectivity index (χ0n) is 16.0. The summed E-state index contributed by atoms with van der Waals surface area (Å²) in [6.45, 7) is 6.68.